The molecule has 0 bridgehead atoms. The second kappa shape index (κ2) is 9.22. The van der Waals surface area contributed by atoms with Gasteiger partial charge in [0.1, 0.15) is 5.75 Å². The van der Waals surface area contributed by atoms with Crippen LogP contribution in [-0.4, -0.2) is 33.5 Å². The van der Waals surface area contributed by atoms with Gasteiger partial charge >= 0.3 is 0 Å². The van der Waals surface area contributed by atoms with Gasteiger partial charge in [-0.15, -0.1) is 0 Å². The van der Waals surface area contributed by atoms with Crippen molar-refractivity contribution in [2.45, 2.75) is 24.3 Å². The van der Waals surface area contributed by atoms with Crippen molar-refractivity contribution in [2.75, 3.05) is 17.4 Å². The van der Waals surface area contributed by atoms with Crippen LogP contribution in [0.4, 0.5) is 5.69 Å². The minimum absolute atomic E-state index is 0.111. The Bertz CT molecular complexity index is 1210. The monoisotopic (exact) mass is 470 g/mol. The molecular weight excluding hydrogens is 448 g/mol. The van der Waals surface area contributed by atoms with Crippen LogP contribution < -0.4 is 14.4 Å². The fourth-order valence-corrected chi connectivity index (χ4v) is 5.10. The zero-order chi connectivity index (χ0) is 22.7. The van der Waals surface area contributed by atoms with E-state index in [4.69, 9.17) is 16.3 Å². The average Bonchev–Trinajstić information content (AvgIpc) is 2.79. The molecule has 0 saturated carbocycles. The lowest BCUT2D eigenvalue weighted by Gasteiger charge is -2.34. The maximum Gasteiger partial charge on any atom is 0.264 e. The molecule has 0 spiro atoms. The largest absolute Gasteiger partial charge is 0.476 e. The number of anilines is 1. The third-order valence-corrected chi connectivity index (χ3v) is 7.31. The number of carbonyl (C=O) groups is 1. The predicted octanol–water partition coefficient (Wildman–Crippen LogP) is 3.96. The summed E-state index contributed by atoms with van der Waals surface area (Å²) in [6, 6.07) is 20.9. The Morgan fingerprint density at radius 3 is 2.47 bits per heavy atom. The number of aryl methyl sites for hydroxylation is 1. The molecule has 1 N–H and O–H groups in total. The normalized spacial score (nSPS) is 15.6. The summed E-state index contributed by atoms with van der Waals surface area (Å²) in [7, 11) is -3.87. The van der Waals surface area contributed by atoms with Crippen molar-refractivity contribution in [3.8, 4) is 5.75 Å². The first-order chi connectivity index (χ1) is 15.3. The van der Waals surface area contributed by atoms with Gasteiger partial charge in [0.05, 0.1) is 17.1 Å². The van der Waals surface area contributed by atoms with Crippen molar-refractivity contribution < 1.29 is 17.9 Å². The van der Waals surface area contributed by atoms with Crippen LogP contribution in [0.25, 0.3) is 0 Å². The number of hydrogen-bond acceptors (Lipinski definition) is 4. The predicted molar refractivity (Wildman–Crippen MR) is 125 cm³/mol. The minimum Gasteiger partial charge on any atom is -0.476 e. The number of halogens is 1. The Morgan fingerprint density at radius 1 is 1.06 bits per heavy atom. The Hall–Kier alpha value is -3.03. The lowest BCUT2D eigenvalue weighted by molar-refractivity contribution is -0.127. The summed E-state index contributed by atoms with van der Waals surface area (Å²) in [6.07, 6.45) is -0.340. The van der Waals surface area contributed by atoms with Gasteiger partial charge in [-0.3, -0.25) is 9.10 Å². The SMILES string of the molecule is Cc1ccc(S(=O)(=O)N2C[C@@H](C(=O)NCCc3ccc(Cl)cc3)Oc3ccccc32)cc1. The molecule has 1 amide bonds. The van der Waals surface area contributed by atoms with Crippen LogP contribution in [0.5, 0.6) is 5.75 Å². The van der Waals surface area contributed by atoms with Gasteiger partial charge in [0.15, 0.2) is 6.10 Å². The van der Waals surface area contributed by atoms with Gasteiger partial charge < -0.3 is 10.1 Å². The van der Waals surface area contributed by atoms with E-state index in [1.807, 2.05) is 19.1 Å². The summed E-state index contributed by atoms with van der Waals surface area (Å²) in [6.45, 7) is 2.18. The Labute approximate surface area is 192 Å². The number of hydrogen-bond donors (Lipinski definition) is 1. The van der Waals surface area contributed by atoms with Crippen molar-refractivity contribution in [1.82, 2.24) is 5.32 Å². The second-order valence-electron chi connectivity index (χ2n) is 7.59. The van der Waals surface area contributed by atoms with Crippen LogP contribution >= 0.6 is 11.6 Å². The molecule has 1 aliphatic rings. The highest BCUT2D eigenvalue weighted by Crippen LogP contribution is 2.36. The molecule has 0 fully saturated rings. The molecule has 32 heavy (non-hydrogen) atoms. The van der Waals surface area contributed by atoms with E-state index in [0.717, 1.165) is 11.1 Å². The van der Waals surface area contributed by atoms with Crippen LogP contribution in [0.1, 0.15) is 11.1 Å². The minimum atomic E-state index is -3.87. The topological polar surface area (TPSA) is 75.7 Å². The first-order valence-electron chi connectivity index (χ1n) is 10.2. The third-order valence-electron chi connectivity index (χ3n) is 5.26. The van der Waals surface area contributed by atoms with Crippen molar-refractivity contribution >= 4 is 33.2 Å². The summed E-state index contributed by atoms with van der Waals surface area (Å²) in [5.74, 6) is -0.00939. The van der Waals surface area contributed by atoms with Gasteiger partial charge in [-0.25, -0.2) is 8.42 Å². The molecule has 4 rings (SSSR count). The first-order valence-corrected chi connectivity index (χ1v) is 12.0. The van der Waals surface area contributed by atoms with E-state index in [2.05, 4.69) is 5.32 Å². The number of nitrogens with zero attached hydrogens (tertiary/aromatic N) is 1. The average molecular weight is 471 g/mol. The number of amides is 1. The van der Waals surface area contributed by atoms with Crippen LogP contribution in [0.15, 0.2) is 77.7 Å². The molecule has 3 aromatic carbocycles. The molecule has 3 aromatic rings. The maximum atomic E-state index is 13.4. The van der Waals surface area contributed by atoms with E-state index in [1.54, 1.807) is 60.7 Å². The quantitative estimate of drug-likeness (QED) is 0.591. The standard InChI is InChI=1S/C24H23ClN2O4S/c1-17-6-12-20(13-7-17)32(29,30)27-16-23(31-22-5-3-2-4-21(22)27)24(28)26-15-14-18-8-10-19(25)11-9-18/h2-13,23H,14-16H2,1H3,(H,26,28)/t23-/m0/s1. The van der Waals surface area contributed by atoms with Crippen LogP contribution in [-0.2, 0) is 21.2 Å². The molecule has 0 radical (unpaired) electrons. The zero-order valence-electron chi connectivity index (χ0n) is 17.5. The number of sulfonamides is 1. The van der Waals surface area contributed by atoms with Crippen LogP contribution in [0.3, 0.4) is 0 Å². The highest BCUT2D eigenvalue weighted by Gasteiger charge is 2.37. The molecule has 1 atom stereocenters. The smallest absolute Gasteiger partial charge is 0.264 e. The van der Waals surface area contributed by atoms with Crippen LogP contribution in [0.2, 0.25) is 5.02 Å². The zero-order valence-corrected chi connectivity index (χ0v) is 19.1. The first kappa shape index (κ1) is 22.2. The number of carbonyl (C=O) groups excluding carboxylic acids is 1. The number of benzene rings is 3. The van der Waals surface area contributed by atoms with Gasteiger partial charge in [-0.1, -0.05) is 53.6 Å². The van der Waals surface area contributed by atoms with Crippen molar-refractivity contribution in [1.29, 1.82) is 0 Å². The summed E-state index contributed by atoms with van der Waals surface area (Å²) in [4.78, 5) is 13.0. The summed E-state index contributed by atoms with van der Waals surface area (Å²) >= 11 is 5.90. The number of ether oxygens (including phenoxy) is 1. The molecule has 0 aliphatic carbocycles. The Balaban J connectivity index is 1.52. The molecule has 0 saturated heterocycles. The molecule has 1 aliphatic heterocycles. The molecule has 8 heteroatoms. The van der Waals surface area contributed by atoms with E-state index in [1.165, 1.54) is 4.31 Å². The second-order valence-corrected chi connectivity index (χ2v) is 9.89. The molecule has 166 valence electrons. The number of fused-ring (bicyclic) bond motifs is 1. The summed E-state index contributed by atoms with van der Waals surface area (Å²) in [5.41, 5.74) is 2.41. The fraction of sp³-hybridized carbons (Fsp3) is 0.208. The third kappa shape index (κ3) is 4.74. The molecule has 1 heterocycles. The fourth-order valence-electron chi connectivity index (χ4n) is 3.50. The van der Waals surface area contributed by atoms with E-state index < -0.39 is 16.1 Å². The van der Waals surface area contributed by atoms with Crippen LogP contribution in [0, 0.1) is 6.92 Å². The molecule has 0 aromatic heterocycles. The molecule has 0 unspecified atom stereocenters. The lowest BCUT2D eigenvalue weighted by atomic mass is 10.1. The lowest BCUT2D eigenvalue weighted by Crippen LogP contribution is -2.51. The van der Waals surface area contributed by atoms with Crippen molar-refractivity contribution in [3.05, 3.63) is 88.9 Å². The number of para-hydroxylation sites is 2. The van der Waals surface area contributed by atoms with Crippen molar-refractivity contribution in [3.63, 3.8) is 0 Å². The van der Waals surface area contributed by atoms with Crippen molar-refractivity contribution in [2.24, 2.45) is 0 Å². The van der Waals surface area contributed by atoms with E-state index >= 15 is 0 Å². The van der Waals surface area contributed by atoms with E-state index in [-0.39, 0.29) is 17.3 Å². The van der Waals surface area contributed by atoms with Gasteiger partial charge in [0.2, 0.25) is 0 Å². The number of rotatable bonds is 6. The van der Waals surface area contributed by atoms with Gasteiger partial charge in [0.25, 0.3) is 15.9 Å². The molecule has 6 nitrogen and oxygen atoms in total. The maximum absolute atomic E-state index is 13.4. The van der Waals surface area contributed by atoms with E-state index in [9.17, 15) is 13.2 Å². The Kier molecular flexibility index (Phi) is 6.39. The summed E-state index contributed by atoms with van der Waals surface area (Å²) < 4.78 is 33.9. The summed E-state index contributed by atoms with van der Waals surface area (Å²) in [5, 5.41) is 3.50. The van der Waals surface area contributed by atoms with Gasteiger partial charge in [-0.05, 0) is 55.3 Å². The Morgan fingerprint density at radius 2 is 1.75 bits per heavy atom. The van der Waals surface area contributed by atoms with Gasteiger partial charge in [0, 0.05) is 11.6 Å². The van der Waals surface area contributed by atoms with E-state index in [0.29, 0.717) is 29.4 Å². The van der Waals surface area contributed by atoms with Gasteiger partial charge in [-0.2, -0.15) is 0 Å². The molecular formula is C24H23ClN2O4S. The highest BCUT2D eigenvalue weighted by molar-refractivity contribution is 7.92. The highest BCUT2D eigenvalue weighted by atomic mass is 35.5. The number of nitrogens with one attached hydrogen (secondary N) is 1.